The molecule has 1 aliphatic rings. The van der Waals surface area contributed by atoms with Crippen molar-refractivity contribution in [1.82, 2.24) is 15.5 Å². The Bertz CT molecular complexity index is 919. The molecule has 1 atom stereocenters. The van der Waals surface area contributed by atoms with Crippen molar-refractivity contribution in [3.8, 4) is 0 Å². The molecule has 0 fully saturated rings. The van der Waals surface area contributed by atoms with E-state index in [2.05, 4.69) is 10.6 Å². The Morgan fingerprint density at radius 3 is 2.25 bits per heavy atom. The predicted octanol–water partition coefficient (Wildman–Crippen LogP) is 1.74. The number of hydrogen-bond donors (Lipinski definition) is 2. The molecular weight excluding hydrogens is 358 g/mol. The number of benzene rings is 2. The van der Waals surface area contributed by atoms with Gasteiger partial charge in [-0.05, 0) is 43.7 Å². The van der Waals surface area contributed by atoms with Crippen LogP contribution in [0.3, 0.4) is 0 Å². The minimum Gasteiger partial charge on any atom is -0.355 e. The second kappa shape index (κ2) is 8.04. The topological polar surface area (TPSA) is 95.6 Å². The van der Waals surface area contributed by atoms with Crippen LogP contribution in [0.15, 0.2) is 48.5 Å². The molecule has 0 bridgehead atoms. The Morgan fingerprint density at radius 2 is 1.64 bits per heavy atom. The molecule has 1 aliphatic heterocycles. The Balaban J connectivity index is 1.72. The van der Waals surface area contributed by atoms with Crippen molar-refractivity contribution in [2.24, 2.45) is 0 Å². The van der Waals surface area contributed by atoms with Gasteiger partial charge in [-0.2, -0.15) is 0 Å². The fourth-order valence-electron chi connectivity index (χ4n) is 3.05. The van der Waals surface area contributed by atoms with Gasteiger partial charge in [0, 0.05) is 12.1 Å². The highest BCUT2D eigenvalue weighted by Crippen LogP contribution is 2.24. The highest BCUT2D eigenvalue weighted by Gasteiger charge is 2.35. The summed E-state index contributed by atoms with van der Waals surface area (Å²) in [6, 6.07) is 12.7. The number of hydrogen-bond acceptors (Lipinski definition) is 4. The van der Waals surface area contributed by atoms with Gasteiger partial charge in [0.15, 0.2) is 0 Å². The summed E-state index contributed by atoms with van der Waals surface area (Å²) >= 11 is 0. The minimum absolute atomic E-state index is 0.0688. The number of carbonyl (C=O) groups excluding carboxylic acids is 4. The lowest BCUT2D eigenvalue weighted by atomic mass is 10.1. The van der Waals surface area contributed by atoms with Crippen molar-refractivity contribution >= 4 is 23.6 Å². The molecule has 1 heterocycles. The van der Waals surface area contributed by atoms with Gasteiger partial charge in [0.05, 0.1) is 17.7 Å². The molecule has 0 saturated carbocycles. The summed E-state index contributed by atoms with van der Waals surface area (Å²) in [5, 5.41) is 5.28. The average molecular weight is 379 g/mol. The minimum atomic E-state index is -0.674. The van der Waals surface area contributed by atoms with E-state index in [1.54, 1.807) is 62.4 Å². The largest absolute Gasteiger partial charge is 0.355 e. The first-order chi connectivity index (χ1) is 13.4. The molecule has 28 heavy (non-hydrogen) atoms. The second-order valence-electron chi connectivity index (χ2n) is 6.53. The van der Waals surface area contributed by atoms with Gasteiger partial charge in [-0.15, -0.1) is 0 Å². The smallest absolute Gasteiger partial charge is 0.261 e. The Hall–Kier alpha value is -3.48. The van der Waals surface area contributed by atoms with Crippen LogP contribution in [0.4, 0.5) is 0 Å². The molecule has 3 rings (SSSR count). The zero-order chi connectivity index (χ0) is 20.3. The third kappa shape index (κ3) is 3.78. The molecule has 7 heteroatoms. The van der Waals surface area contributed by atoms with Gasteiger partial charge in [-0.25, -0.2) is 0 Å². The van der Waals surface area contributed by atoms with Crippen LogP contribution < -0.4 is 10.6 Å². The molecule has 4 amide bonds. The van der Waals surface area contributed by atoms with Crippen molar-refractivity contribution in [2.45, 2.75) is 26.4 Å². The van der Waals surface area contributed by atoms with Gasteiger partial charge >= 0.3 is 0 Å². The Labute approximate surface area is 162 Å². The summed E-state index contributed by atoms with van der Waals surface area (Å²) in [5.41, 5.74) is 1.77. The first kappa shape index (κ1) is 19.3. The average Bonchev–Trinajstić information content (AvgIpc) is 2.93. The maximum atomic E-state index is 12.5. The third-order valence-electron chi connectivity index (χ3n) is 4.50. The number of amides is 4. The Kier molecular flexibility index (Phi) is 5.54. The monoisotopic (exact) mass is 379 g/mol. The number of carbonyl (C=O) groups is 4. The molecule has 2 aromatic carbocycles. The van der Waals surface area contributed by atoms with E-state index < -0.39 is 11.9 Å². The molecule has 0 aliphatic carbocycles. The standard InChI is InChI=1S/C21H21N3O4/c1-3-22-18(25)13(2)23-19(26)15-8-6-7-14(11-15)12-24-20(27)16-9-4-5-10-17(16)21(24)28/h4-11,13H,3,12H2,1-2H3,(H,22,25)(H,23,26)/t13-/m0/s1. The van der Waals surface area contributed by atoms with E-state index in [0.717, 1.165) is 0 Å². The van der Waals surface area contributed by atoms with E-state index in [9.17, 15) is 19.2 Å². The number of nitrogens with zero attached hydrogens (tertiary/aromatic N) is 1. The summed E-state index contributed by atoms with van der Waals surface area (Å²) in [5.74, 6) is -1.36. The highest BCUT2D eigenvalue weighted by molar-refractivity contribution is 6.21. The molecular formula is C21H21N3O4. The predicted molar refractivity (Wildman–Crippen MR) is 103 cm³/mol. The van der Waals surface area contributed by atoms with E-state index in [0.29, 0.717) is 28.8 Å². The number of nitrogens with one attached hydrogen (secondary N) is 2. The van der Waals surface area contributed by atoms with Crippen molar-refractivity contribution < 1.29 is 19.2 Å². The summed E-state index contributed by atoms with van der Waals surface area (Å²) in [4.78, 5) is 50.4. The van der Waals surface area contributed by atoms with Gasteiger partial charge in [0.1, 0.15) is 6.04 Å². The van der Waals surface area contributed by atoms with E-state index >= 15 is 0 Å². The van der Waals surface area contributed by atoms with Crippen molar-refractivity contribution in [1.29, 1.82) is 0 Å². The highest BCUT2D eigenvalue weighted by atomic mass is 16.2. The summed E-state index contributed by atoms with van der Waals surface area (Å²) in [6.45, 7) is 3.95. The quantitative estimate of drug-likeness (QED) is 0.748. The first-order valence-electron chi connectivity index (χ1n) is 9.05. The van der Waals surface area contributed by atoms with Crippen LogP contribution in [-0.2, 0) is 11.3 Å². The zero-order valence-corrected chi connectivity index (χ0v) is 15.7. The lowest BCUT2D eigenvalue weighted by Crippen LogP contribution is -2.44. The number of fused-ring (bicyclic) bond motifs is 1. The van der Waals surface area contributed by atoms with E-state index in [4.69, 9.17) is 0 Å². The molecule has 144 valence electrons. The summed E-state index contributed by atoms with van der Waals surface area (Å²) in [6.07, 6.45) is 0. The zero-order valence-electron chi connectivity index (χ0n) is 15.7. The van der Waals surface area contributed by atoms with Crippen LogP contribution in [0, 0.1) is 0 Å². The van der Waals surface area contributed by atoms with E-state index in [1.165, 1.54) is 4.90 Å². The molecule has 0 spiro atoms. The molecule has 0 aromatic heterocycles. The maximum absolute atomic E-state index is 12.5. The molecule has 0 saturated heterocycles. The normalized spacial score (nSPS) is 13.9. The van der Waals surface area contributed by atoms with Gasteiger partial charge < -0.3 is 10.6 Å². The van der Waals surface area contributed by atoms with Crippen LogP contribution in [0.1, 0.15) is 50.5 Å². The summed E-state index contributed by atoms with van der Waals surface area (Å²) in [7, 11) is 0. The lowest BCUT2D eigenvalue weighted by Gasteiger charge is -2.16. The van der Waals surface area contributed by atoms with Crippen LogP contribution in [0.25, 0.3) is 0 Å². The summed E-state index contributed by atoms with van der Waals surface area (Å²) < 4.78 is 0. The van der Waals surface area contributed by atoms with Gasteiger partial charge in [-0.1, -0.05) is 24.3 Å². The van der Waals surface area contributed by atoms with Crippen LogP contribution >= 0.6 is 0 Å². The lowest BCUT2D eigenvalue weighted by molar-refractivity contribution is -0.122. The Morgan fingerprint density at radius 1 is 1.00 bits per heavy atom. The molecule has 0 radical (unpaired) electrons. The van der Waals surface area contributed by atoms with Crippen molar-refractivity contribution in [3.63, 3.8) is 0 Å². The second-order valence-corrected chi connectivity index (χ2v) is 6.53. The van der Waals surface area contributed by atoms with Crippen LogP contribution in [0.2, 0.25) is 0 Å². The van der Waals surface area contributed by atoms with E-state index in [1.807, 2.05) is 0 Å². The maximum Gasteiger partial charge on any atom is 0.261 e. The number of likely N-dealkylation sites (N-methyl/N-ethyl adjacent to an activating group) is 1. The number of rotatable bonds is 6. The van der Waals surface area contributed by atoms with Gasteiger partial charge in [-0.3, -0.25) is 24.1 Å². The van der Waals surface area contributed by atoms with Gasteiger partial charge in [0.2, 0.25) is 5.91 Å². The molecule has 0 unspecified atom stereocenters. The van der Waals surface area contributed by atoms with Crippen molar-refractivity contribution in [3.05, 3.63) is 70.8 Å². The SMILES string of the molecule is CCNC(=O)[C@H](C)NC(=O)c1cccc(CN2C(=O)c3ccccc3C2=O)c1. The fourth-order valence-corrected chi connectivity index (χ4v) is 3.05. The molecule has 2 N–H and O–H groups in total. The molecule has 7 nitrogen and oxygen atoms in total. The third-order valence-corrected chi connectivity index (χ3v) is 4.50. The van der Waals surface area contributed by atoms with Crippen molar-refractivity contribution in [2.75, 3.05) is 6.54 Å². The van der Waals surface area contributed by atoms with E-state index in [-0.39, 0.29) is 24.3 Å². The first-order valence-corrected chi connectivity index (χ1v) is 9.05. The number of imide groups is 1. The van der Waals surface area contributed by atoms with Crippen LogP contribution in [0.5, 0.6) is 0 Å². The molecule has 2 aromatic rings. The fraction of sp³-hybridized carbons (Fsp3) is 0.238. The van der Waals surface area contributed by atoms with Crippen LogP contribution in [-0.4, -0.2) is 41.1 Å². The van der Waals surface area contributed by atoms with Gasteiger partial charge in [0.25, 0.3) is 17.7 Å².